The van der Waals surface area contributed by atoms with Crippen molar-refractivity contribution in [1.29, 1.82) is 0 Å². The highest BCUT2D eigenvalue weighted by atomic mass is 16.3. The number of nitrogens with two attached hydrogens (primary N) is 1. The van der Waals surface area contributed by atoms with Crippen LogP contribution in [0.25, 0.3) is 0 Å². The molecule has 3 rings (SSSR count). The maximum absolute atomic E-state index is 9.55. The van der Waals surface area contributed by atoms with Crippen LogP contribution in [0.15, 0.2) is 24.3 Å². The first-order chi connectivity index (χ1) is 7.76. The van der Waals surface area contributed by atoms with Crippen molar-refractivity contribution in [2.24, 2.45) is 17.6 Å². The SMILES string of the molecule is NC12c3ccccc3CC1CCCC2CO. The Bertz CT molecular complexity index is 395. The van der Waals surface area contributed by atoms with Crippen LogP contribution >= 0.6 is 0 Å². The van der Waals surface area contributed by atoms with Gasteiger partial charge in [0.05, 0.1) is 0 Å². The molecular weight excluding hydrogens is 198 g/mol. The molecule has 0 amide bonds. The second kappa shape index (κ2) is 3.57. The minimum atomic E-state index is -0.260. The third-order valence-corrected chi connectivity index (χ3v) is 4.63. The summed E-state index contributed by atoms with van der Waals surface area (Å²) in [5.74, 6) is 0.783. The van der Waals surface area contributed by atoms with Gasteiger partial charge in [-0.3, -0.25) is 0 Å². The van der Waals surface area contributed by atoms with E-state index in [1.165, 1.54) is 24.0 Å². The molecule has 1 fully saturated rings. The van der Waals surface area contributed by atoms with Gasteiger partial charge in [0, 0.05) is 18.1 Å². The summed E-state index contributed by atoms with van der Waals surface area (Å²) in [6.07, 6.45) is 4.59. The molecule has 2 aliphatic carbocycles. The van der Waals surface area contributed by atoms with E-state index in [4.69, 9.17) is 5.73 Å². The topological polar surface area (TPSA) is 46.2 Å². The number of hydrogen-bond donors (Lipinski definition) is 2. The molecule has 0 spiro atoms. The minimum absolute atomic E-state index is 0.224. The van der Waals surface area contributed by atoms with E-state index < -0.39 is 0 Å². The number of hydrogen-bond acceptors (Lipinski definition) is 2. The summed E-state index contributed by atoms with van der Waals surface area (Å²) < 4.78 is 0. The van der Waals surface area contributed by atoms with Gasteiger partial charge in [0.25, 0.3) is 0 Å². The van der Waals surface area contributed by atoms with Gasteiger partial charge in [-0.25, -0.2) is 0 Å². The van der Waals surface area contributed by atoms with Crippen molar-refractivity contribution < 1.29 is 5.11 Å². The molecule has 2 heteroatoms. The second-order valence-electron chi connectivity index (χ2n) is 5.30. The monoisotopic (exact) mass is 217 g/mol. The Kier molecular flexibility index (Phi) is 2.30. The fourth-order valence-electron chi connectivity index (χ4n) is 3.76. The average Bonchev–Trinajstić information content (AvgIpc) is 2.62. The van der Waals surface area contributed by atoms with E-state index >= 15 is 0 Å². The molecular formula is C14H19NO. The summed E-state index contributed by atoms with van der Waals surface area (Å²) in [5, 5.41) is 9.55. The lowest BCUT2D eigenvalue weighted by molar-refractivity contribution is 0.0704. The van der Waals surface area contributed by atoms with Crippen LogP contribution in [-0.2, 0) is 12.0 Å². The highest BCUT2D eigenvalue weighted by Crippen LogP contribution is 2.50. The van der Waals surface area contributed by atoms with Crippen LogP contribution in [-0.4, -0.2) is 11.7 Å². The third-order valence-electron chi connectivity index (χ3n) is 4.63. The molecule has 3 N–H and O–H groups in total. The van der Waals surface area contributed by atoms with Gasteiger partial charge >= 0.3 is 0 Å². The highest BCUT2D eigenvalue weighted by molar-refractivity contribution is 5.41. The Morgan fingerprint density at radius 3 is 2.94 bits per heavy atom. The summed E-state index contributed by atoms with van der Waals surface area (Å²) >= 11 is 0. The standard InChI is InChI=1S/C14H19NO/c15-14-11(5-3-6-12(14)9-16)8-10-4-1-2-7-13(10)14/h1-2,4,7,11-12,16H,3,5-6,8-9,15H2. The van der Waals surface area contributed by atoms with E-state index in [0.29, 0.717) is 5.92 Å². The molecule has 0 aliphatic heterocycles. The number of aliphatic hydroxyl groups is 1. The molecule has 0 saturated heterocycles. The van der Waals surface area contributed by atoms with Crippen LogP contribution in [0.5, 0.6) is 0 Å². The zero-order valence-electron chi connectivity index (χ0n) is 9.52. The maximum Gasteiger partial charge on any atom is 0.0494 e. The summed E-state index contributed by atoms with van der Waals surface area (Å²) in [4.78, 5) is 0. The van der Waals surface area contributed by atoms with Crippen molar-refractivity contribution in [2.45, 2.75) is 31.2 Å². The van der Waals surface area contributed by atoms with Crippen molar-refractivity contribution in [3.8, 4) is 0 Å². The van der Waals surface area contributed by atoms with E-state index in [2.05, 4.69) is 24.3 Å². The molecule has 16 heavy (non-hydrogen) atoms. The lowest BCUT2D eigenvalue weighted by Crippen LogP contribution is -2.51. The lowest BCUT2D eigenvalue weighted by atomic mass is 9.66. The predicted molar refractivity (Wildman–Crippen MR) is 63.9 cm³/mol. The van der Waals surface area contributed by atoms with Gasteiger partial charge in [-0.05, 0) is 36.3 Å². The Balaban J connectivity index is 2.10. The quantitative estimate of drug-likeness (QED) is 0.753. The molecule has 3 atom stereocenters. The van der Waals surface area contributed by atoms with Crippen LogP contribution in [0, 0.1) is 11.8 Å². The van der Waals surface area contributed by atoms with Crippen LogP contribution in [0.3, 0.4) is 0 Å². The van der Waals surface area contributed by atoms with Crippen LogP contribution < -0.4 is 5.73 Å². The fourth-order valence-corrected chi connectivity index (χ4v) is 3.76. The Labute approximate surface area is 96.5 Å². The van der Waals surface area contributed by atoms with Gasteiger partial charge in [-0.2, -0.15) is 0 Å². The largest absolute Gasteiger partial charge is 0.396 e. The van der Waals surface area contributed by atoms with Crippen molar-refractivity contribution in [3.05, 3.63) is 35.4 Å². The normalized spacial score (nSPS) is 36.9. The van der Waals surface area contributed by atoms with E-state index in [-0.39, 0.29) is 18.1 Å². The molecule has 0 bridgehead atoms. The first-order valence-corrected chi connectivity index (χ1v) is 6.25. The number of fused-ring (bicyclic) bond motifs is 3. The molecule has 86 valence electrons. The maximum atomic E-state index is 9.55. The fraction of sp³-hybridized carbons (Fsp3) is 0.571. The summed E-state index contributed by atoms with van der Waals surface area (Å²) in [5.41, 5.74) is 9.10. The summed E-state index contributed by atoms with van der Waals surface area (Å²) in [6, 6.07) is 8.51. The van der Waals surface area contributed by atoms with Crippen molar-refractivity contribution >= 4 is 0 Å². The Morgan fingerprint density at radius 1 is 1.31 bits per heavy atom. The second-order valence-corrected chi connectivity index (χ2v) is 5.30. The van der Waals surface area contributed by atoms with Gasteiger partial charge < -0.3 is 10.8 Å². The van der Waals surface area contributed by atoms with Gasteiger partial charge in [0.2, 0.25) is 0 Å². The predicted octanol–water partition coefficient (Wildman–Crippen LogP) is 1.81. The summed E-state index contributed by atoms with van der Waals surface area (Å²) in [7, 11) is 0. The van der Waals surface area contributed by atoms with Crippen molar-refractivity contribution in [1.82, 2.24) is 0 Å². The first kappa shape index (κ1) is 10.3. The number of benzene rings is 1. The number of rotatable bonds is 1. The van der Waals surface area contributed by atoms with E-state index in [1.807, 2.05) is 0 Å². The molecule has 1 aromatic rings. The van der Waals surface area contributed by atoms with Gasteiger partial charge in [-0.1, -0.05) is 30.7 Å². The van der Waals surface area contributed by atoms with Crippen LogP contribution in [0.1, 0.15) is 30.4 Å². The molecule has 1 aromatic carbocycles. The molecule has 3 unspecified atom stereocenters. The van der Waals surface area contributed by atoms with Gasteiger partial charge in [-0.15, -0.1) is 0 Å². The minimum Gasteiger partial charge on any atom is -0.396 e. The molecule has 2 nitrogen and oxygen atoms in total. The zero-order chi connectivity index (χ0) is 11.2. The third kappa shape index (κ3) is 1.20. The molecule has 0 heterocycles. The van der Waals surface area contributed by atoms with Crippen molar-refractivity contribution in [3.63, 3.8) is 0 Å². The molecule has 0 radical (unpaired) electrons. The lowest BCUT2D eigenvalue weighted by Gasteiger charge is -2.43. The number of aliphatic hydroxyl groups excluding tert-OH is 1. The Hall–Kier alpha value is -0.860. The molecule has 0 aromatic heterocycles. The van der Waals surface area contributed by atoms with E-state index in [9.17, 15) is 5.11 Å². The first-order valence-electron chi connectivity index (χ1n) is 6.25. The summed E-state index contributed by atoms with van der Waals surface area (Å²) in [6.45, 7) is 0.224. The smallest absolute Gasteiger partial charge is 0.0494 e. The Morgan fingerprint density at radius 2 is 2.12 bits per heavy atom. The highest BCUT2D eigenvalue weighted by Gasteiger charge is 2.50. The van der Waals surface area contributed by atoms with Gasteiger partial charge in [0.15, 0.2) is 0 Å². The van der Waals surface area contributed by atoms with Crippen LogP contribution in [0.2, 0.25) is 0 Å². The van der Waals surface area contributed by atoms with Gasteiger partial charge in [0.1, 0.15) is 0 Å². The molecule has 2 aliphatic rings. The zero-order valence-corrected chi connectivity index (χ0v) is 9.52. The average molecular weight is 217 g/mol. The van der Waals surface area contributed by atoms with E-state index in [1.54, 1.807) is 0 Å². The van der Waals surface area contributed by atoms with E-state index in [0.717, 1.165) is 12.8 Å². The molecule has 1 saturated carbocycles. The van der Waals surface area contributed by atoms with Crippen LogP contribution in [0.4, 0.5) is 0 Å². The van der Waals surface area contributed by atoms with Crippen molar-refractivity contribution in [2.75, 3.05) is 6.61 Å².